The Kier molecular flexibility index (Phi) is 3.46. The minimum atomic E-state index is 0.588. The van der Waals surface area contributed by atoms with Crippen LogP contribution in [0.15, 0.2) is 29.2 Å². The summed E-state index contributed by atoms with van der Waals surface area (Å²) in [6.45, 7) is 0. The highest BCUT2D eigenvalue weighted by molar-refractivity contribution is 9.09. The number of benzene rings is 1. The van der Waals surface area contributed by atoms with Crippen molar-refractivity contribution in [2.45, 2.75) is 17.7 Å². The first-order chi connectivity index (χ1) is 6.74. The molecular formula is C11H12BrClS. The molecule has 1 aliphatic carbocycles. The fraction of sp³-hybridized carbons (Fsp3) is 0.455. The van der Waals surface area contributed by atoms with E-state index in [9.17, 15) is 0 Å². The van der Waals surface area contributed by atoms with Gasteiger partial charge in [0, 0.05) is 21.0 Å². The van der Waals surface area contributed by atoms with Crippen LogP contribution in [0.25, 0.3) is 0 Å². The van der Waals surface area contributed by atoms with E-state index >= 15 is 0 Å². The molecule has 0 heterocycles. The van der Waals surface area contributed by atoms with Gasteiger partial charge in [-0.1, -0.05) is 27.5 Å². The van der Waals surface area contributed by atoms with E-state index in [2.05, 4.69) is 28.1 Å². The van der Waals surface area contributed by atoms with Gasteiger partial charge >= 0.3 is 0 Å². The lowest BCUT2D eigenvalue weighted by atomic mass is 10.2. The zero-order valence-electron chi connectivity index (χ0n) is 7.80. The van der Waals surface area contributed by atoms with Gasteiger partial charge in [-0.15, -0.1) is 11.8 Å². The minimum absolute atomic E-state index is 0.588. The molecule has 0 bridgehead atoms. The summed E-state index contributed by atoms with van der Waals surface area (Å²) in [5, 5.41) is 1.96. The molecule has 0 unspecified atom stereocenters. The summed E-state index contributed by atoms with van der Waals surface area (Å²) in [7, 11) is 0. The molecule has 2 rings (SSSR count). The molecule has 0 saturated heterocycles. The maximum absolute atomic E-state index is 5.82. The van der Waals surface area contributed by atoms with E-state index in [1.54, 1.807) is 0 Å². The average Bonchev–Trinajstić information content (AvgIpc) is 2.98. The van der Waals surface area contributed by atoms with Crippen molar-refractivity contribution in [1.82, 2.24) is 0 Å². The number of hydrogen-bond donors (Lipinski definition) is 0. The van der Waals surface area contributed by atoms with Gasteiger partial charge in [0.2, 0.25) is 0 Å². The van der Waals surface area contributed by atoms with Gasteiger partial charge in [0.1, 0.15) is 0 Å². The predicted molar refractivity (Wildman–Crippen MR) is 67.6 cm³/mol. The largest absolute Gasteiger partial charge is 0.126 e. The third-order valence-electron chi connectivity index (χ3n) is 2.60. The first kappa shape index (κ1) is 10.8. The van der Waals surface area contributed by atoms with Crippen molar-refractivity contribution in [2.24, 2.45) is 5.41 Å². The zero-order valence-corrected chi connectivity index (χ0v) is 11.0. The molecule has 0 N–H and O–H groups in total. The fourth-order valence-electron chi connectivity index (χ4n) is 1.26. The molecule has 1 saturated carbocycles. The first-order valence-corrected chi connectivity index (χ1v) is 7.17. The lowest BCUT2D eigenvalue weighted by Gasteiger charge is -2.10. The molecule has 3 heteroatoms. The van der Waals surface area contributed by atoms with E-state index in [0.717, 1.165) is 10.4 Å². The number of alkyl halides is 1. The molecular weight excluding hydrogens is 280 g/mol. The molecule has 0 nitrogen and oxygen atoms in total. The fourth-order valence-corrected chi connectivity index (χ4v) is 3.60. The molecule has 0 aliphatic heterocycles. The molecule has 1 aromatic carbocycles. The SMILES string of the molecule is Clc1ccc(SCC2(CBr)CC2)cc1. The van der Waals surface area contributed by atoms with Crippen molar-refractivity contribution >= 4 is 39.3 Å². The van der Waals surface area contributed by atoms with E-state index in [0.29, 0.717) is 5.41 Å². The molecule has 0 aromatic heterocycles. The monoisotopic (exact) mass is 290 g/mol. The molecule has 1 fully saturated rings. The van der Waals surface area contributed by atoms with Gasteiger partial charge < -0.3 is 0 Å². The van der Waals surface area contributed by atoms with Crippen molar-refractivity contribution in [3.63, 3.8) is 0 Å². The van der Waals surface area contributed by atoms with E-state index in [1.165, 1.54) is 23.5 Å². The summed E-state index contributed by atoms with van der Waals surface area (Å²) in [5.74, 6) is 1.22. The van der Waals surface area contributed by atoms with Crippen LogP contribution in [0, 0.1) is 5.41 Å². The number of halogens is 2. The zero-order chi connectivity index (χ0) is 10.0. The Morgan fingerprint density at radius 3 is 2.43 bits per heavy atom. The third kappa shape index (κ3) is 2.68. The normalized spacial score (nSPS) is 18.1. The maximum atomic E-state index is 5.82. The van der Waals surface area contributed by atoms with Gasteiger partial charge in [-0.25, -0.2) is 0 Å². The van der Waals surface area contributed by atoms with Crippen molar-refractivity contribution in [3.8, 4) is 0 Å². The van der Waals surface area contributed by atoms with Crippen molar-refractivity contribution in [2.75, 3.05) is 11.1 Å². The lowest BCUT2D eigenvalue weighted by Crippen LogP contribution is -2.04. The van der Waals surface area contributed by atoms with Crippen LogP contribution in [0.4, 0.5) is 0 Å². The average molecular weight is 292 g/mol. The van der Waals surface area contributed by atoms with Crippen molar-refractivity contribution in [1.29, 1.82) is 0 Å². The molecule has 1 aliphatic rings. The topological polar surface area (TPSA) is 0 Å². The smallest absolute Gasteiger partial charge is 0.0406 e. The van der Waals surface area contributed by atoms with Crippen molar-refractivity contribution in [3.05, 3.63) is 29.3 Å². The quantitative estimate of drug-likeness (QED) is 0.577. The van der Waals surface area contributed by atoms with Crippen LogP contribution < -0.4 is 0 Å². The van der Waals surface area contributed by atoms with Crippen LogP contribution in [-0.4, -0.2) is 11.1 Å². The van der Waals surface area contributed by atoms with Crippen LogP contribution in [-0.2, 0) is 0 Å². The van der Waals surface area contributed by atoms with Crippen LogP contribution in [0.2, 0.25) is 5.02 Å². The second-order valence-corrected chi connectivity index (χ2v) is 5.92. The second-order valence-electron chi connectivity index (χ2n) is 3.88. The molecule has 0 spiro atoms. The van der Waals surface area contributed by atoms with E-state index < -0.39 is 0 Å². The van der Waals surface area contributed by atoms with Crippen LogP contribution in [0.1, 0.15) is 12.8 Å². The summed E-state index contributed by atoms with van der Waals surface area (Å²) in [6.07, 6.45) is 2.75. The van der Waals surface area contributed by atoms with Gasteiger partial charge in [-0.3, -0.25) is 0 Å². The summed E-state index contributed by atoms with van der Waals surface area (Å²) in [4.78, 5) is 1.32. The number of rotatable bonds is 4. The maximum Gasteiger partial charge on any atom is 0.0406 e. The molecule has 1 aromatic rings. The van der Waals surface area contributed by atoms with Gasteiger partial charge in [-0.05, 0) is 42.5 Å². The van der Waals surface area contributed by atoms with E-state index in [-0.39, 0.29) is 0 Å². The van der Waals surface area contributed by atoms with Gasteiger partial charge in [0.15, 0.2) is 0 Å². The van der Waals surface area contributed by atoms with Gasteiger partial charge in [0.25, 0.3) is 0 Å². The Morgan fingerprint density at radius 1 is 1.29 bits per heavy atom. The summed E-state index contributed by atoms with van der Waals surface area (Å²) in [6, 6.07) is 8.10. The Hall–Kier alpha value is 0.340. The first-order valence-electron chi connectivity index (χ1n) is 4.68. The molecule has 14 heavy (non-hydrogen) atoms. The lowest BCUT2D eigenvalue weighted by molar-refractivity contribution is 0.686. The summed E-state index contributed by atoms with van der Waals surface area (Å²) >= 11 is 11.3. The van der Waals surface area contributed by atoms with Gasteiger partial charge in [0.05, 0.1) is 0 Å². The van der Waals surface area contributed by atoms with Crippen LogP contribution in [0.3, 0.4) is 0 Å². The van der Waals surface area contributed by atoms with Gasteiger partial charge in [-0.2, -0.15) is 0 Å². The Labute approximate surface area is 103 Å². The Bertz CT molecular complexity index is 306. The highest BCUT2D eigenvalue weighted by Crippen LogP contribution is 2.50. The Morgan fingerprint density at radius 2 is 1.93 bits per heavy atom. The molecule has 0 radical (unpaired) electrons. The molecule has 0 amide bonds. The van der Waals surface area contributed by atoms with E-state index in [1.807, 2.05) is 23.9 Å². The summed E-state index contributed by atoms with van der Waals surface area (Å²) < 4.78 is 0. The van der Waals surface area contributed by atoms with Crippen LogP contribution in [0.5, 0.6) is 0 Å². The highest BCUT2D eigenvalue weighted by atomic mass is 79.9. The molecule has 0 atom stereocenters. The number of hydrogen-bond acceptors (Lipinski definition) is 1. The highest BCUT2D eigenvalue weighted by Gasteiger charge is 2.41. The van der Waals surface area contributed by atoms with Crippen molar-refractivity contribution < 1.29 is 0 Å². The standard InChI is InChI=1S/C11H12BrClS/c12-7-11(5-6-11)8-14-10-3-1-9(13)2-4-10/h1-4H,5-8H2. The van der Waals surface area contributed by atoms with E-state index in [4.69, 9.17) is 11.6 Å². The second kappa shape index (κ2) is 4.46. The Balaban J connectivity index is 1.89. The van der Waals surface area contributed by atoms with Crippen LogP contribution >= 0.6 is 39.3 Å². The third-order valence-corrected chi connectivity index (χ3v) is 5.40. The predicted octanol–water partition coefficient (Wildman–Crippen LogP) is 4.61. The molecule has 76 valence electrons. The number of thioether (sulfide) groups is 1. The minimum Gasteiger partial charge on any atom is -0.126 e. The summed E-state index contributed by atoms with van der Waals surface area (Å²) in [5.41, 5.74) is 0.588.